The second kappa shape index (κ2) is 6.59. The number of halogens is 1. The summed E-state index contributed by atoms with van der Waals surface area (Å²) in [6.45, 7) is 5.19. The van der Waals surface area contributed by atoms with Crippen molar-refractivity contribution in [2.45, 2.75) is 20.3 Å². The fraction of sp³-hybridized carbons (Fsp3) is 0.333. The van der Waals surface area contributed by atoms with E-state index in [1.807, 2.05) is 37.3 Å². The maximum Gasteiger partial charge on any atom is 0.219 e. The summed E-state index contributed by atoms with van der Waals surface area (Å²) in [6, 6.07) is 11.3. The van der Waals surface area contributed by atoms with E-state index in [-0.39, 0.29) is 11.7 Å². The normalized spacial score (nSPS) is 17.3. The Morgan fingerprint density at radius 3 is 2.87 bits per heavy atom. The van der Waals surface area contributed by atoms with Crippen LogP contribution in [0.4, 0.5) is 5.69 Å². The van der Waals surface area contributed by atoms with E-state index in [1.54, 1.807) is 13.0 Å². The molecule has 2 aromatic rings. The SMILES string of the molecule is CC(=O)[C@@H]1CCN(c2ccc(Cl)c(Oc3cccc(C)n3)c2)C1. The molecule has 0 radical (unpaired) electrons. The molecule has 0 saturated carbocycles. The van der Waals surface area contributed by atoms with E-state index in [9.17, 15) is 4.79 Å². The lowest BCUT2D eigenvalue weighted by Gasteiger charge is -2.19. The molecule has 0 spiro atoms. The van der Waals surface area contributed by atoms with Crippen LogP contribution in [-0.4, -0.2) is 23.9 Å². The predicted molar refractivity (Wildman–Crippen MR) is 91.5 cm³/mol. The molecule has 120 valence electrons. The van der Waals surface area contributed by atoms with Crippen LogP contribution in [0.1, 0.15) is 19.0 Å². The Morgan fingerprint density at radius 2 is 2.17 bits per heavy atom. The highest BCUT2D eigenvalue weighted by atomic mass is 35.5. The topological polar surface area (TPSA) is 42.4 Å². The number of carbonyl (C=O) groups is 1. The van der Waals surface area contributed by atoms with Crippen molar-refractivity contribution in [3.63, 3.8) is 0 Å². The van der Waals surface area contributed by atoms with Crippen molar-refractivity contribution in [3.8, 4) is 11.6 Å². The van der Waals surface area contributed by atoms with Crippen molar-refractivity contribution in [3.05, 3.63) is 47.1 Å². The molecule has 1 aromatic carbocycles. The number of nitrogens with zero attached hydrogens (tertiary/aromatic N) is 2. The van der Waals surface area contributed by atoms with Gasteiger partial charge in [-0.2, -0.15) is 0 Å². The van der Waals surface area contributed by atoms with Gasteiger partial charge in [-0.3, -0.25) is 4.79 Å². The van der Waals surface area contributed by atoms with E-state index < -0.39 is 0 Å². The maximum atomic E-state index is 11.5. The summed E-state index contributed by atoms with van der Waals surface area (Å²) in [7, 11) is 0. The van der Waals surface area contributed by atoms with Gasteiger partial charge in [0.1, 0.15) is 11.5 Å². The minimum atomic E-state index is 0.119. The number of hydrogen-bond donors (Lipinski definition) is 0. The molecule has 1 saturated heterocycles. The lowest BCUT2D eigenvalue weighted by atomic mass is 10.1. The van der Waals surface area contributed by atoms with Gasteiger partial charge in [0.05, 0.1) is 5.02 Å². The molecule has 3 rings (SSSR count). The number of ether oxygens (including phenoxy) is 1. The quantitative estimate of drug-likeness (QED) is 0.840. The first-order valence-corrected chi connectivity index (χ1v) is 8.07. The summed E-state index contributed by atoms with van der Waals surface area (Å²) < 4.78 is 5.83. The number of aryl methyl sites for hydroxylation is 1. The van der Waals surface area contributed by atoms with E-state index in [4.69, 9.17) is 16.3 Å². The molecule has 5 heteroatoms. The third kappa shape index (κ3) is 3.64. The van der Waals surface area contributed by atoms with Crippen molar-refractivity contribution in [2.24, 2.45) is 5.92 Å². The Labute approximate surface area is 141 Å². The minimum absolute atomic E-state index is 0.119. The Morgan fingerprint density at radius 1 is 1.35 bits per heavy atom. The number of anilines is 1. The standard InChI is InChI=1S/C18H19ClN2O2/c1-12-4-3-5-18(20-12)23-17-10-15(6-7-16(17)19)21-9-8-14(11-21)13(2)22/h3-7,10,14H,8-9,11H2,1-2H3/t14-/m1/s1. The van der Waals surface area contributed by atoms with Gasteiger partial charge in [0.2, 0.25) is 5.88 Å². The molecule has 1 aliphatic heterocycles. The predicted octanol–water partition coefficient (Wildman–Crippen LogP) is 4.25. The van der Waals surface area contributed by atoms with E-state index in [2.05, 4.69) is 9.88 Å². The third-order valence-electron chi connectivity index (χ3n) is 4.12. The minimum Gasteiger partial charge on any atom is -0.437 e. The molecule has 4 nitrogen and oxygen atoms in total. The van der Waals surface area contributed by atoms with Crippen molar-refractivity contribution in [1.29, 1.82) is 0 Å². The van der Waals surface area contributed by atoms with Crippen LogP contribution in [0, 0.1) is 12.8 Å². The number of Topliss-reactive ketones (excluding diaryl/α,β-unsaturated/α-hetero) is 1. The van der Waals surface area contributed by atoms with Gasteiger partial charge in [-0.1, -0.05) is 17.7 Å². The molecule has 2 heterocycles. The summed E-state index contributed by atoms with van der Waals surface area (Å²) in [5, 5.41) is 0.541. The van der Waals surface area contributed by atoms with Gasteiger partial charge in [-0.05, 0) is 38.5 Å². The van der Waals surface area contributed by atoms with Crippen LogP contribution in [0.5, 0.6) is 11.6 Å². The van der Waals surface area contributed by atoms with Crippen LogP contribution in [0.3, 0.4) is 0 Å². The van der Waals surface area contributed by atoms with Crippen LogP contribution in [0.15, 0.2) is 36.4 Å². The highest BCUT2D eigenvalue weighted by Crippen LogP contribution is 2.34. The zero-order chi connectivity index (χ0) is 16.4. The van der Waals surface area contributed by atoms with Gasteiger partial charge in [-0.25, -0.2) is 4.98 Å². The third-order valence-corrected chi connectivity index (χ3v) is 4.43. The molecule has 1 aromatic heterocycles. The largest absolute Gasteiger partial charge is 0.437 e. The summed E-state index contributed by atoms with van der Waals surface area (Å²) in [6.07, 6.45) is 0.896. The number of rotatable bonds is 4. The molecule has 0 amide bonds. The van der Waals surface area contributed by atoms with Crippen molar-refractivity contribution in [1.82, 2.24) is 4.98 Å². The Balaban J connectivity index is 1.81. The molecule has 1 atom stereocenters. The van der Waals surface area contributed by atoms with Gasteiger partial charge in [-0.15, -0.1) is 0 Å². The number of carbonyl (C=O) groups excluding carboxylic acids is 1. The van der Waals surface area contributed by atoms with E-state index >= 15 is 0 Å². The Bertz CT molecular complexity index is 733. The van der Waals surface area contributed by atoms with Crippen molar-refractivity contribution < 1.29 is 9.53 Å². The van der Waals surface area contributed by atoms with E-state index in [0.717, 1.165) is 30.9 Å². The molecular formula is C18H19ClN2O2. The van der Waals surface area contributed by atoms with E-state index in [0.29, 0.717) is 16.7 Å². The highest BCUT2D eigenvalue weighted by Gasteiger charge is 2.26. The zero-order valence-electron chi connectivity index (χ0n) is 13.3. The fourth-order valence-corrected chi connectivity index (χ4v) is 2.94. The first-order chi connectivity index (χ1) is 11.0. The first-order valence-electron chi connectivity index (χ1n) is 7.69. The number of ketones is 1. The van der Waals surface area contributed by atoms with E-state index in [1.165, 1.54) is 0 Å². The summed E-state index contributed by atoms with van der Waals surface area (Å²) in [4.78, 5) is 18.1. The average Bonchev–Trinajstić information content (AvgIpc) is 3.00. The lowest BCUT2D eigenvalue weighted by molar-refractivity contribution is -0.120. The van der Waals surface area contributed by atoms with Gasteiger partial charge in [0, 0.05) is 42.5 Å². The molecular weight excluding hydrogens is 312 g/mol. The van der Waals surface area contributed by atoms with Crippen molar-refractivity contribution in [2.75, 3.05) is 18.0 Å². The van der Waals surface area contributed by atoms with Crippen LogP contribution in [-0.2, 0) is 4.79 Å². The molecule has 23 heavy (non-hydrogen) atoms. The average molecular weight is 331 g/mol. The van der Waals surface area contributed by atoms with Gasteiger partial charge < -0.3 is 9.64 Å². The molecule has 0 bridgehead atoms. The summed E-state index contributed by atoms with van der Waals surface area (Å²) in [5.74, 6) is 1.47. The smallest absolute Gasteiger partial charge is 0.219 e. The van der Waals surface area contributed by atoms with Crippen molar-refractivity contribution >= 4 is 23.1 Å². The second-order valence-electron chi connectivity index (χ2n) is 5.88. The van der Waals surface area contributed by atoms with Crippen LogP contribution < -0.4 is 9.64 Å². The van der Waals surface area contributed by atoms with Gasteiger partial charge >= 0.3 is 0 Å². The maximum absolute atomic E-state index is 11.5. The zero-order valence-corrected chi connectivity index (χ0v) is 14.0. The molecule has 0 N–H and O–H groups in total. The van der Waals surface area contributed by atoms with Gasteiger partial charge in [0.15, 0.2) is 0 Å². The lowest BCUT2D eigenvalue weighted by Crippen LogP contribution is -2.21. The summed E-state index contributed by atoms with van der Waals surface area (Å²) in [5.41, 5.74) is 1.90. The second-order valence-corrected chi connectivity index (χ2v) is 6.28. The molecule has 1 fully saturated rings. The van der Waals surface area contributed by atoms with Crippen LogP contribution in [0.25, 0.3) is 0 Å². The Hall–Kier alpha value is -2.07. The first kappa shape index (κ1) is 15.8. The fourth-order valence-electron chi connectivity index (χ4n) is 2.78. The Kier molecular flexibility index (Phi) is 4.53. The number of aromatic nitrogens is 1. The van der Waals surface area contributed by atoms with Crippen LogP contribution in [0.2, 0.25) is 5.02 Å². The molecule has 0 aliphatic carbocycles. The van der Waals surface area contributed by atoms with Crippen LogP contribution >= 0.6 is 11.6 Å². The van der Waals surface area contributed by atoms with Gasteiger partial charge in [0.25, 0.3) is 0 Å². The monoisotopic (exact) mass is 330 g/mol. The molecule has 0 unspecified atom stereocenters. The molecule has 1 aliphatic rings. The number of benzene rings is 1. The summed E-state index contributed by atoms with van der Waals surface area (Å²) >= 11 is 6.25. The number of pyridine rings is 1. The number of hydrogen-bond acceptors (Lipinski definition) is 4. The highest BCUT2D eigenvalue weighted by molar-refractivity contribution is 6.32.